The molecule has 1 aliphatic rings. The molecular weight excluding hydrogens is 314 g/mol. The lowest BCUT2D eigenvalue weighted by atomic mass is 10.1. The number of ketones is 1. The van der Waals surface area contributed by atoms with E-state index in [4.69, 9.17) is 0 Å². The molecule has 0 amide bonds. The fourth-order valence-electron chi connectivity index (χ4n) is 2.57. The summed E-state index contributed by atoms with van der Waals surface area (Å²) in [6, 6.07) is 4.70. The quantitative estimate of drug-likeness (QED) is 0.489. The van der Waals surface area contributed by atoms with Crippen LogP contribution < -0.4 is 5.32 Å². The summed E-state index contributed by atoms with van der Waals surface area (Å²) in [5.74, 6) is 0.213. The van der Waals surface area contributed by atoms with E-state index in [9.17, 15) is 14.9 Å². The Kier molecular flexibility index (Phi) is 4.12. The van der Waals surface area contributed by atoms with E-state index in [1.54, 1.807) is 23.5 Å². The lowest BCUT2D eigenvalue weighted by Gasteiger charge is -2.17. The maximum absolute atomic E-state index is 11.7. The van der Waals surface area contributed by atoms with E-state index in [2.05, 4.69) is 10.3 Å². The second-order valence-corrected chi connectivity index (χ2v) is 7.08. The first-order valence-electron chi connectivity index (χ1n) is 7.44. The molecule has 1 saturated carbocycles. The number of Topliss-reactive ketones (excluding diaryl/α,β-unsaturated/α-hetero) is 1. The van der Waals surface area contributed by atoms with Crippen molar-refractivity contribution in [2.24, 2.45) is 5.92 Å². The molecular formula is C16H17N3O3S. The zero-order valence-corrected chi connectivity index (χ0v) is 13.7. The minimum Gasteiger partial charge on any atom is -0.376 e. The summed E-state index contributed by atoms with van der Waals surface area (Å²) in [6.07, 6.45) is 4.14. The summed E-state index contributed by atoms with van der Waals surface area (Å²) < 4.78 is 0. The van der Waals surface area contributed by atoms with Gasteiger partial charge in [0.05, 0.1) is 16.5 Å². The Morgan fingerprint density at radius 3 is 2.74 bits per heavy atom. The van der Waals surface area contributed by atoms with Crippen LogP contribution in [0.3, 0.4) is 0 Å². The van der Waals surface area contributed by atoms with Crippen LogP contribution in [0.4, 0.5) is 11.4 Å². The zero-order chi connectivity index (χ0) is 16.6. The number of nitrogens with zero attached hydrogens (tertiary/aromatic N) is 2. The topological polar surface area (TPSA) is 85.1 Å². The Bertz CT molecular complexity index is 768. The van der Waals surface area contributed by atoms with Gasteiger partial charge in [0.1, 0.15) is 5.01 Å². The van der Waals surface area contributed by atoms with Crippen molar-refractivity contribution in [3.05, 3.63) is 50.0 Å². The highest BCUT2D eigenvalue weighted by atomic mass is 32.1. The molecule has 7 heteroatoms. The summed E-state index contributed by atoms with van der Waals surface area (Å²) >= 11 is 1.65. The molecule has 1 fully saturated rings. The van der Waals surface area contributed by atoms with Gasteiger partial charge in [0.2, 0.25) is 0 Å². The average molecular weight is 331 g/mol. The van der Waals surface area contributed by atoms with E-state index in [-0.39, 0.29) is 23.1 Å². The van der Waals surface area contributed by atoms with Gasteiger partial charge in [-0.05, 0) is 44.7 Å². The van der Waals surface area contributed by atoms with Gasteiger partial charge in [-0.1, -0.05) is 0 Å². The number of nitrogens with one attached hydrogen (secondary N) is 1. The van der Waals surface area contributed by atoms with Crippen LogP contribution in [0.2, 0.25) is 0 Å². The van der Waals surface area contributed by atoms with Crippen LogP contribution in [0.1, 0.15) is 46.0 Å². The standard InChI is InChI=1S/C16H17N3O3S/c1-9-8-17-16(23-9)15(11-3-4-11)18-12-5-6-14(19(21)22)13(7-12)10(2)20/h5-8,11,15,18H,3-4H2,1-2H3/t15-/m0/s1. The minimum absolute atomic E-state index is 0.0926. The number of hydrogen-bond donors (Lipinski definition) is 1. The zero-order valence-electron chi connectivity index (χ0n) is 12.9. The van der Waals surface area contributed by atoms with Gasteiger partial charge in [-0.15, -0.1) is 11.3 Å². The van der Waals surface area contributed by atoms with E-state index in [0.717, 1.165) is 22.7 Å². The van der Waals surface area contributed by atoms with Gasteiger partial charge in [0.15, 0.2) is 5.78 Å². The van der Waals surface area contributed by atoms with Gasteiger partial charge >= 0.3 is 0 Å². The summed E-state index contributed by atoms with van der Waals surface area (Å²) in [5.41, 5.74) is 0.687. The molecule has 23 heavy (non-hydrogen) atoms. The van der Waals surface area contributed by atoms with Crippen molar-refractivity contribution >= 4 is 28.5 Å². The van der Waals surface area contributed by atoms with Gasteiger partial charge in [-0.2, -0.15) is 0 Å². The molecule has 0 radical (unpaired) electrons. The number of nitro benzene ring substituents is 1. The molecule has 1 aliphatic carbocycles. The van der Waals surface area contributed by atoms with Crippen LogP contribution in [0.5, 0.6) is 0 Å². The van der Waals surface area contributed by atoms with Crippen LogP contribution >= 0.6 is 11.3 Å². The number of nitro groups is 1. The van der Waals surface area contributed by atoms with Gasteiger partial charge in [-0.25, -0.2) is 4.98 Å². The third-order valence-corrected chi connectivity index (χ3v) is 4.89. The maximum Gasteiger partial charge on any atom is 0.280 e. The molecule has 1 atom stereocenters. The first-order chi connectivity index (χ1) is 11.0. The number of aromatic nitrogens is 1. The van der Waals surface area contributed by atoms with E-state index in [1.807, 2.05) is 13.1 Å². The Balaban J connectivity index is 1.90. The molecule has 3 rings (SSSR count). The Morgan fingerprint density at radius 2 is 2.22 bits per heavy atom. The predicted molar refractivity (Wildman–Crippen MR) is 89.0 cm³/mol. The van der Waals surface area contributed by atoms with Crippen molar-refractivity contribution in [1.29, 1.82) is 0 Å². The lowest BCUT2D eigenvalue weighted by Crippen LogP contribution is -2.13. The Morgan fingerprint density at radius 1 is 1.48 bits per heavy atom. The van der Waals surface area contributed by atoms with Gasteiger partial charge < -0.3 is 5.32 Å². The van der Waals surface area contributed by atoms with E-state index in [1.165, 1.54) is 13.0 Å². The maximum atomic E-state index is 11.7. The van der Waals surface area contributed by atoms with Crippen LogP contribution in [-0.2, 0) is 0 Å². The second-order valence-electron chi connectivity index (χ2n) is 5.81. The third kappa shape index (κ3) is 3.39. The molecule has 0 aliphatic heterocycles. The number of thiazole rings is 1. The number of rotatable bonds is 6. The normalized spacial score (nSPS) is 15.2. The molecule has 120 valence electrons. The fraction of sp³-hybridized carbons (Fsp3) is 0.375. The molecule has 1 heterocycles. The summed E-state index contributed by atoms with van der Waals surface area (Å²) in [4.78, 5) is 27.8. The van der Waals surface area contributed by atoms with Gasteiger partial charge in [0, 0.05) is 22.8 Å². The van der Waals surface area contributed by atoms with Crippen LogP contribution in [0, 0.1) is 23.0 Å². The predicted octanol–water partition coefficient (Wildman–Crippen LogP) is 4.13. The molecule has 0 unspecified atom stereocenters. The highest BCUT2D eigenvalue weighted by molar-refractivity contribution is 7.11. The van der Waals surface area contributed by atoms with Crippen LogP contribution in [-0.4, -0.2) is 15.7 Å². The highest BCUT2D eigenvalue weighted by Gasteiger charge is 2.34. The van der Waals surface area contributed by atoms with Crippen molar-refractivity contribution in [2.75, 3.05) is 5.32 Å². The van der Waals surface area contributed by atoms with Crippen molar-refractivity contribution in [3.63, 3.8) is 0 Å². The van der Waals surface area contributed by atoms with E-state index < -0.39 is 4.92 Å². The van der Waals surface area contributed by atoms with Crippen LogP contribution in [0.15, 0.2) is 24.4 Å². The lowest BCUT2D eigenvalue weighted by molar-refractivity contribution is -0.385. The number of carbonyl (C=O) groups excluding carboxylic acids is 1. The SMILES string of the molecule is CC(=O)c1cc(N[C@H](c2ncc(C)s2)C2CC2)ccc1[N+](=O)[O-]. The molecule has 1 aromatic heterocycles. The molecule has 0 spiro atoms. The number of benzene rings is 1. The van der Waals surface area contributed by atoms with Crippen LogP contribution in [0.25, 0.3) is 0 Å². The van der Waals surface area contributed by atoms with Gasteiger partial charge in [0.25, 0.3) is 5.69 Å². The van der Waals surface area contributed by atoms with Gasteiger partial charge in [-0.3, -0.25) is 14.9 Å². The van der Waals surface area contributed by atoms with Crippen molar-refractivity contribution in [1.82, 2.24) is 4.98 Å². The molecule has 1 N–H and O–H groups in total. The highest BCUT2D eigenvalue weighted by Crippen LogP contribution is 2.44. The summed E-state index contributed by atoms with van der Waals surface area (Å²) in [5, 5.41) is 15.5. The smallest absolute Gasteiger partial charge is 0.280 e. The molecule has 1 aromatic carbocycles. The summed E-state index contributed by atoms with van der Waals surface area (Å²) in [6.45, 7) is 3.36. The average Bonchev–Trinajstić information content (AvgIpc) is 3.25. The molecule has 0 bridgehead atoms. The second kappa shape index (κ2) is 6.08. The molecule has 6 nitrogen and oxygen atoms in total. The number of carbonyl (C=O) groups is 1. The minimum atomic E-state index is -0.525. The first kappa shape index (κ1) is 15.6. The number of hydrogen-bond acceptors (Lipinski definition) is 6. The Hall–Kier alpha value is -2.28. The third-order valence-electron chi connectivity index (χ3n) is 3.89. The molecule has 2 aromatic rings. The summed E-state index contributed by atoms with van der Waals surface area (Å²) in [7, 11) is 0. The number of anilines is 1. The number of aryl methyl sites for hydroxylation is 1. The Labute approximate surface area is 137 Å². The van der Waals surface area contributed by atoms with Crippen molar-refractivity contribution in [3.8, 4) is 0 Å². The largest absolute Gasteiger partial charge is 0.376 e. The first-order valence-corrected chi connectivity index (χ1v) is 8.25. The monoisotopic (exact) mass is 331 g/mol. The van der Waals surface area contributed by atoms with Crippen molar-refractivity contribution in [2.45, 2.75) is 32.7 Å². The van der Waals surface area contributed by atoms with Crippen molar-refractivity contribution < 1.29 is 9.72 Å². The fourth-order valence-corrected chi connectivity index (χ4v) is 3.49. The van der Waals surface area contributed by atoms with E-state index >= 15 is 0 Å². The molecule has 0 saturated heterocycles. The van der Waals surface area contributed by atoms with E-state index in [0.29, 0.717) is 11.6 Å².